The highest BCUT2D eigenvalue weighted by Crippen LogP contribution is 2.25. The highest BCUT2D eigenvalue weighted by molar-refractivity contribution is 5.82. The first-order valence-corrected chi connectivity index (χ1v) is 5.73. The lowest BCUT2D eigenvalue weighted by Gasteiger charge is -2.22. The maximum absolute atomic E-state index is 11.7. The zero-order valence-electron chi connectivity index (χ0n) is 9.57. The molecule has 4 heteroatoms. The van der Waals surface area contributed by atoms with Crippen LogP contribution < -0.4 is 11.1 Å². The van der Waals surface area contributed by atoms with Crippen molar-refractivity contribution in [1.29, 1.82) is 0 Å². The minimum Gasteiger partial charge on any atom is -0.396 e. The Kier molecular flexibility index (Phi) is 4.54. The lowest BCUT2D eigenvalue weighted by molar-refractivity contribution is -0.124. The van der Waals surface area contributed by atoms with Gasteiger partial charge >= 0.3 is 0 Å². The number of aliphatic hydroxyl groups is 1. The summed E-state index contributed by atoms with van der Waals surface area (Å²) in [7, 11) is 0. The molecule has 1 fully saturated rings. The molecule has 4 nitrogen and oxygen atoms in total. The molecule has 2 unspecified atom stereocenters. The molecule has 0 bridgehead atoms. The normalized spacial score (nSPS) is 28.1. The van der Waals surface area contributed by atoms with Crippen LogP contribution >= 0.6 is 0 Å². The van der Waals surface area contributed by atoms with E-state index in [0.717, 1.165) is 19.3 Å². The van der Waals surface area contributed by atoms with Crippen LogP contribution in [0, 0.1) is 11.8 Å². The van der Waals surface area contributed by atoms with Gasteiger partial charge in [0.05, 0.1) is 6.04 Å². The number of carbonyl (C=O) groups excluding carboxylic acids is 1. The molecule has 0 saturated heterocycles. The number of hydrogen-bond donors (Lipinski definition) is 3. The Morgan fingerprint density at radius 3 is 2.73 bits per heavy atom. The molecular weight excluding hydrogens is 192 g/mol. The second-order valence-corrected chi connectivity index (χ2v) is 4.76. The summed E-state index contributed by atoms with van der Waals surface area (Å²) in [5.41, 5.74) is 5.75. The van der Waals surface area contributed by atoms with E-state index in [-0.39, 0.29) is 30.4 Å². The lowest BCUT2D eigenvalue weighted by Crippen LogP contribution is -2.49. The van der Waals surface area contributed by atoms with Crippen molar-refractivity contribution < 1.29 is 9.90 Å². The molecule has 0 radical (unpaired) electrons. The molecule has 0 aromatic rings. The Morgan fingerprint density at radius 1 is 1.53 bits per heavy atom. The van der Waals surface area contributed by atoms with Gasteiger partial charge in [0, 0.05) is 18.6 Å². The quantitative estimate of drug-likeness (QED) is 0.628. The number of rotatable bonds is 4. The highest BCUT2D eigenvalue weighted by atomic mass is 16.3. The molecular formula is C11H22N2O2. The first-order valence-electron chi connectivity index (χ1n) is 5.73. The van der Waals surface area contributed by atoms with E-state index in [1.165, 1.54) is 0 Å². The van der Waals surface area contributed by atoms with Crippen LogP contribution in [0.4, 0.5) is 0 Å². The molecule has 0 heterocycles. The third-order valence-corrected chi connectivity index (χ3v) is 3.24. The minimum absolute atomic E-state index is 0.0876. The van der Waals surface area contributed by atoms with Crippen LogP contribution in [0.2, 0.25) is 0 Å². The van der Waals surface area contributed by atoms with Crippen molar-refractivity contribution in [3.8, 4) is 0 Å². The maximum Gasteiger partial charge on any atom is 0.237 e. The maximum atomic E-state index is 11.7. The standard InChI is InChI=1S/C11H22N2O2/c1-7(2)10(12)11(15)13-9-5-3-4-8(9)6-14/h7-10,14H,3-6,12H2,1-2H3,(H,13,15)/t8?,9?,10-/m0/s1. The van der Waals surface area contributed by atoms with Crippen molar-refractivity contribution >= 4 is 5.91 Å². The van der Waals surface area contributed by atoms with E-state index >= 15 is 0 Å². The van der Waals surface area contributed by atoms with Gasteiger partial charge in [-0.2, -0.15) is 0 Å². The number of nitrogens with two attached hydrogens (primary N) is 1. The lowest BCUT2D eigenvalue weighted by atomic mass is 10.0. The highest BCUT2D eigenvalue weighted by Gasteiger charge is 2.29. The summed E-state index contributed by atoms with van der Waals surface area (Å²) in [6.07, 6.45) is 3.03. The summed E-state index contributed by atoms with van der Waals surface area (Å²) >= 11 is 0. The van der Waals surface area contributed by atoms with Gasteiger partial charge in [0.15, 0.2) is 0 Å². The molecule has 0 spiro atoms. The summed E-state index contributed by atoms with van der Waals surface area (Å²) in [6.45, 7) is 4.02. The van der Waals surface area contributed by atoms with Crippen molar-refractivity contribution in [3.63, 3.8) is 0 Å². The van der Waals surface area contributed by atoms with Gasteiger partial charge < -0.3 is 16.2 Å². The second kappa shape index (κ2) is 5.47. The predicted molar refractivity (Wildman–Crippen MR) is 59.2 cm³/mol. The monoisotopic (exact) mass is 214 g/mol. The van der Waals surface area contributed by atoms with E-state index in [0.29, 0.717) is 0 Å². The molecule has 0 aliphatic heterocycles. The molecule has 15 heavy (non-hydrogen) atoms. The van der Waals surface area contributed by atoms with Crippen LogP contribution in [0.5, 0.6) is 0 Å². The van der Waals surface area contributed by atoms with Crippen LogP contribution in [0.25, 0.3) is 0 Å². The fraction of sp³-hybridized carbons (Fsp3) is 0.909. The van der Waals surface area contributed by atoms with Gasteiger partial charge in [-0.3, -0.25) is 4.79 Å². The van der Waals surface area contributed by atoms with Crippen LogP contribution in [0.3, 0.4) is 0 Å². The molecule has 1 saturated carbocycles. The van der Waals surface area contributed by atoms with E-state index in [2.05, 4.69) is 5.32 Å². The summed E-state index contributed by atoms with van der Waals surface area (Å²) in [6, 6.07) is -0.322. The number of nitrogens with one attached hydrogen (secondary N) is 1. The predicted octanol–water partition coefficient (Wildman–Crippen LogP) is 0.247. The van der Waals surface area contributed by atoms with Crippen molar-refractivity contribution in [2.45, 2.75) is 45.2 Å². The largest absolute Gasteiger partial charge is 0.396 e. The Labute approximate surface area is 91.2 Å². The molecule has 1 aliphatic carbocycles. The fourth-order valence-electron chi connectivity index (χ4n) is 2.03. The van der Waals surface area contributed by atoms with Crippen molar-refractivity contribution in [2.75, 3.05) is 6.61 Å². The van der Waals surface area contributed by atoms with E-state index in [1.807, 2.05) is 13.8 Å². The van der Waals surface area contributed by atoms with Gasteiger partial charge in [0.2, 0.25) is 5.91 Å². The smallest absolute Gasteiger partial charge is 0.237 e. The number of hydrogen-bond acceptors (Lipinski definition) is 3. The van der Waals surface area contributed by atoms with E-state index < -0.39 is 6.04 Å². The van der Waals surface area contributed by atoms with Crippen molar-refractivity contribution in [2.24, 2.45) is 17.6 Å². The van der Waals surface area contributed by atoms with Crippen LogP contribution in [0.15, 0.2) is 0 Å². The summed E-state index contributed by atoms with van der Waals surface area (Å²) in [5.74, 6) is 0.280. The fourth-order valence-corrected chi connectivity index (χ4v) is 2.03. The average Bonchev–Trinajstić information content (AvgIpc) is 2.63. The van der Waals surface area contributed by atoms with Crippen molar-refractivity contribution in [3.05, 3.63) is 0 Å². The van der Waals surface area contributed by atoms with Gasteiger partial charge in [-0.1, -0.05) is 20.3 Å². The molecule has 0 aromatic carbocycles. The second-order valence-electron chi connectivity index (χ2n) is 4.76. The molecule has 1 aliphatic rings. The van der Waals surface area contributed by atoms with Crippen LogP contribution in [0.1, 0.15) is 33.1 Å². The Balaban J connectivity index is 2.43. The average molecular weight is 214 g/mol. The van der Waals surface area contributed by atoms with Crippen LogP contribution in [-0.4, -0.2) is 29.7 Å². The van der Waals surface area contributed by atoms with Gasteiger partial charge in [-0.15, -0.1) is 0 Å². The third kappa shape index (κ3) is 3.18. The summed E-state index contributed by atoms with van der Waals surface area (Å²) in [5, 5.41) is 12.1. The first-order chi connectivity index (χ1) is 7.06. The van der Waals surface area contributed by atoms with Gasteiger partial charge in [-0.25, -0.2) is 0 Å². The number of carbonyl (C=O) groups is 1. The van der Waals surface area contributed by atoms with E-state index in [4.69, 9.17) is 10.8 Å². The van der Waals surface area contributed by atoms with E-state index in [9.17, 15) is 4.79 Å². The molecule has 4 N–H and O–H groups in total. The summed E-state index contributed by atoms with van der Waals surface area (Å²) < 4.78 is 0. The molecule has 1 rings (SSSR count). The molecule has 1 amide bonds. The molecule has 88 valence electrons. The minimum atomic E-state index is -0.440. The zero-order valence-corrected chi connectivity index (χ0v) is 9.57. The summed E-state index contributed by atoms with van der Waals surface area (Å²) in [4.78, 5) is 11.7. The van der Waals surface area contributed by atoms with Crippen molar-refractivity contribution in [1.82, 2.24) is 5.32 Å². The van der Waals surface area contributed by atoms with Gasteiger partial charge in [0.1, 0.15) is 0 Å². The topological polar surface area (TPSA) is 75.4 Å². The van der Waals surface area contributed by atoms with Gasteiger partial charge in [-0.05, 0) is 18.8 Å². The first kappa shape index (κ1) is 12.5. The molecule has 0 aromatic heterocycles. The SMILES string of the molecule is CC(C)[C@H](N)C(=O)NC1CCCC1CO. The Morgan fingerprint density at radius 2 is 2.20 bits per heavy atom. The third-order valence-electron chi connectivity index (χ3n) is 3.24. The van der Waals surface area contributed by atoms with Gasteiger partial charge in [0.25, 0.3) is 0 Å². The zero-order chi connectivity index (χ0) is 11.4. The Hall–Kier alpha value is -0.610. The van der Waals surface area contributed by atoms with Crippen LogP contribution in [-0.2, 0) is 4.79 Å². The van der Waals surface area contributed by atoms with E-state index in [1.54, 1.807) is 0 Å². The number of aliphatic hydroxyl groups excluding tert-OH is 1. The Bertz CT molecular complexity index is 219. The molecule has 3 atom stereocenters. The number of amides is 1.